The second-order valence-electron chi connectivity index (χ2n) is 8.35. The molecule has 4 heteroatoms. The number of allylic oxidation sites excluding steroid dienone is 1. The van der Waals surface area contributed by atoms with Crippen LogP contribution in [-0.4, -0.2) is 35.5 Å². The fourth-order valence-electron chi connectivity index (χ4n) is 6.16. The number of carbonyl (C=O) groups is 1. The van der Waals surface area contributed by atoms with Crippen LogP contribution in [0.5, 0.6) is 0 Å². The first-order valence-electron chi connectivity index (χ1n) is 9.14. The van der Waals surface area contributed by atoms with E-state index in [0.717, 1.165) is 38.5 Å². The highest BCUT2D eigenvalue weighted by atomic mass is 16.6. The summed E-state index contributed by atoms with van der Waals surface area (Å²) in [6, 6.07) is 0. The first kappa shape index (κ1) is 16.3. The molecule has 2 saturated heterocycles. The van der Waals surface area contributed by atoms with Crippen molar-refractivity contribution in [2.24, 2.45) is 11.3 Å². The van der Waals surface area contributed by atoms with Crippen molar-refractivity contribution in [2.45, 2.75) is 81.9 Å². The predicted molar refractivity (Wildman–Crippen MR) is 90.5 cm³/mol. The normalized spacial score (nSPS) is 51.2. The first-order chi connectivity index (χ1) is 11.4. The van der Waals surface area contributed by atoms with E-state index in [1.165, 1.54) is 6.92 Å². The van der Waals surface area contributed by atoms with Crippen LogP contribution in [0, 0.1) is 11.3 Å². The van der Waals surface area contributed by atoms with Crippen molar-refractivity contribution < 1.29 is 19.0 Å². The molecule has 0 aromatic carbocycles. The number of esters is 1. The molecule has 4 fully saturated rings. The van der Waals surface area contributed by atoms with Crippen LogP contribution in [0.1, 0.15) is 52.4 Å². The van der Waals surface area contributed by atoms with Gasteiger partial charge in [0.05, 0.1) is 18.3 Å². The summed E-state index contributed by atoms with van der Waals surface area (Å²) in [7, 11) is 0. The van der Waals surface area contributed by atoms with Crippen LogP contribution < -0.4 is 0 Å². The van der Waals surface area contributed by atoms with Gasteiger partial charge in [0.25, 0.3) is 0 Å². The molecule has 0 N–H and O–H groups in total. The third kappa shape index (κ3) is 1.96. The van der Waals surface area contributed by atoms with E-state index in [1.54, 1.807) is 0 Å². The van der Waals surface area contributed by atoms with Crippen LogP contribution in [0.15, 0.2) is 25.3 Å². The summed E-state index contributed by atoms with van der Waals surface area (Å²) >= 11 is 0. The first-order valence-corrected chi connectivity index (χ1v) is 9.14. The summed E-state index contributed by atoms with van der Waals surface area (Å²) in [6.07, 6.45) is 9.75. The van der Waals surface area contributed by atoms with Gasteiger partial charge in [-0.1, -0.05) is 19.1 Å². The minimum absolute atomic E-state index is 0.0514. The van der Waals surface area contributed by atoms with Gasteiger partial charge in [0.1, 0.15) is 11.2 Å². The van der Waals surface area contributed by atoms with Gasteiger partial charge in [-0.05, 0) is 31.6 Å². The summed E-state index contributed by atoms with van der Waals surface area (Å²) in [5.74, 6) is 0.196. The van der Waals surface area contributed by atoms with Crippen molar-refractivity contribution in [1.82, 2.24) is 0 Å². The Kier molecular flexibility index (Phi) is 3.53. The van der Waals surface area contributed by atoms with Gasteiger partial charge in [0, 0.05) is 25.2 Å². The van der Waals surface area contributed by atoms with Crippen LogP contribution >= 0.6 is 0 Å². The Morgan fingerprint density at radius 2 is 1.88 bits per heavy atom. The quantitative estimate of drug-likeness (QED) is 0.439. The zero-order valence-corrected chi connectivity index (χ0v) is 14.8. The minimum atomic E-state index is -0.536. The van der Waals surface area contributed by atoms with Gasteiger partial charge in [0.2, 0.25) is 0 Å². The summed E-state index contributed by atoms with van der Waals surface area (Å²) in [4.78, 5) is 12.0. The number of epoxide rings is 1. The molecular weight excluding hydrogens is 304 g/mol. The molecule has 1 spiro atoms. The molecule has 24 heavy (non-hydrogen) atoms. The molecule has 2 saturated carbocycles. The Morgan fingerprint density at radius 1 is 1.17 bits per heavy atom. The third-order valence-electron chi connectivity index (χ3n) is 7.08. The van der Waals surface area contributed by atoms with Gasteiger partial charge in [-0.15, -0.1) is 13.2 Å². The second kappa shape index (κ2) is 5.18. The average molecular weight is 332 g/mol. The molecule has 0 radical (unpaired) electrons. The van der Waals surface area contributed by atoms with E-state index in [-0.39, 0.29) is 23.6 Å². The van der Waals surface area contributed by atoms with Gasteiger partial charge in [-0.2, -0.15) is 0 Å². The maximum absolute atomic E-state index is 12.0. The smallest absolute Gasteiger partial charge is 0.303 e. The van der Waals surface area contributed by atoms with Crippen molar-refractivity contribution in [2.75, 3.05) is 0 Å². The molecule has 0 aromatic heterocycles. The third-order valence-corrected chi connectivity index (χ3v) is 7.08. The molecular formula is C20H28O4. The highest BCUT2D eigenvalue weighted by Gasteiger charge is 2.80. The van der Waals surface area contributed by atoms with Crippen molar-refractivity contribution in [3.05, 3.63) is 25.3 Å². The summed E-state index contributed by atoms with van der Waals surface area (Å²) in [5.41, 5.74) is -1.03. The van der Waals surface area contributed by atoms with Crippen LogP contribution in [0.3, 0.4) is 0 Å². The van der Waals surface area contributed by atoms with Gasteiger partial charge in [-0.25, -0.2) is 0 Å². The molecule has 0 unspecified atom stereocenters. The number of rotatable bonds is 5. The largest absolute Gasteiger partial charge is 0.456 e. The molecule has 4 aliphatic rings. The number of fused-ring (bicyclic) bond motifs is 1. The number of hydrogen-bond acceptors (Lipinski definition) is 4. The lowest BCUT2D eigenvalue weighted by atomic mass is 9.60. The highest BCUT2D eigenvalue weighted by molar-refractivity contribution is 5.67. The van der Waals surface area contributed by atoms with E-state index in [2.05, 4.69) is 20.1 Å². The Balaban J connectivity index is 1.79. The molecule has 7 atom stereocenters. The fraction of sp³-hybridized carbons (Fsp3) is 0.750. The Bertz CT molecular complexity index is 586. The van der Waals surface area contributed by atoms with Crippen LogP contribution in [0.2, 0.25) is 0 Å². The van der Waals surface area contributed by atoms with Crippen molar-refractivity contribution in [1.29, 1.82) is 0 Å². The number of ether oxygens (including phenoxy) is 3. The van der Waals surface area contributed by atoms with E-state index >= 15 is 0 Å². The van der Waals surface area contributed by atoms with Crippen LogP contribution in [-0.2, 0) is 19.0 Å². The fourth-order valence-corrected chi connectivity index (χ4v) is 6.16. The standard InChI is InChI=1S/C20H28O4/c1-5-7-14-9-19(23-13(3)21)10-15(8-6-2)24-20(19)12-17-16(22-17)11-18(14,20)4/h5-6,14-17H,1-2,7-12H2,3-4H3/t14-,15-,16-,17+,18-,19+,20-/m1/s1. The van der Waals surface area contributed by atoms with E-state index < -0.39 is 11.2 Å². The van der Waals surface area contributed by atoms with E-state index in [1.807, 2.05) is 12.2 Å². The van der Waals surface area contributed by atoms with Gasteiger partial charge in [-0.3, -0.25) is 4.79 Å². The lowest BCUT2D eigenvalue weighted by molar-refractivity contribution is -0.203. The summed E-state index contributed by atoms with van der Waals surface area (Å²) in [6.45, 7) is 11.6. The van der Waals surface area contributed by atoms with Crippen LogP contribution in [0.25, 0.3) is 0 Å². The Labute approximate surface area is 144 Å². The minimum Gasteiger partial charge on any atom is -0.456 e. The monoisotopic (exact) mass is 332 g/mol. The molecule has 4 rings (SSSR count). The van der Waals surface area contributed by atoms with Crippen LogP contribution in [0.4, 0.5) is 0 Å². The highest BCUT2D eigenvalue weighted by Crippen LogP contribution is 2.72. The lowest BCUT2D eigenvalue weighted by Gasteiger charge is -2.50. The number of hydrogen-bond donors (Lipinski definition) is 0. The lowest BCUT2D eigenvalue weighted by Crippen LogP contribution is -2.60. The van der Waals surface area contributed by atoms with E-state index in [9.17, 15) is 4.79 Å². The number of carbonyl (C=O) groups excluding carboxylic acids is 1. The molecule has 2 heterocycles. The zero-order valence-electron chi connectivity index (χ0n) is 14.8. The summed E-state index contributed by atoms with van der Waals surface area (Å²) in [5, 5.41) is 0. The van der Waals surface area contributed by atoms with Gasteiger partial charge >= 0.3 is 5.97 Å². The maximum Gasteiger partial charge on any atom is 0.303 e. The zero-order chi connectivity index (χ0) is 17.2. The van der Waals surface area contributed by atoms with E-state index in [4.69, 9.17) is 14.2 Å². The Morgan fingerprint density at radius 3 is 2.54 bits per heavy atom. The topological polar surface area (TPSA) is 48.1 Å². The average Bonchev–Trinajstić information content (AvgIpc) is 3.10. The van der Waals surface area contributed by atoms with Gasteiger partial charge < -0.3 is 14.2 Å². The molecule has 2 aliphatic carbocycles. The predicted octanol–water partition coefficient (Wildman–Crippen LogP) is 3.56. The molecule has 0 aromatic rings. The molecule has 2 aliphatic heterocycles. The second-order valence-corrected chi connectivity index (χ2v) is 8.35. The molecule has 4 nitrogen and oxygen atoms in total. The molecule has 0 bridgehead atoms. The Hall–Kier alpha value is -1.13. The van der Waals surface area contributed by atoms with Crippen molar-refractivity contribution >= 4 is 5.97 Å². The molecule has 132 valence electrons. The van der Waals surface area contributed by atoms with Gasteiger partial charge in [0.15, 0.2) is 0 Å². The van der Waals surface area contributed by atoms with Crippen molar-refractivity contribution in [3.63, 3.8) is 0 Å². The van der Waals surface area contributed by atoms with Crippen molar-refractivity contribution in [3.8, 4) is 0 Å². The SMILES string of the molecule is C=CC[C@@H]1C[C@@]2(OC(C)=O)C[C@@H](CC=C)[C@@]3(C)C[C@H]4O[C@H]4C[C@]23O1. The van der Waals surface area contributed by atoms with E-state index in [0.29, 0.717) is 12.0 Å². The molecule has 0 amide bonds. The maximum atomic E-state index is 12.0. The summed E-state index contributed by atoms with van der Waals surface area (Å²) < 4.78 is 18.7.